The van der Waals surface area contributed by atoms with E-state index in [1.807, 2.05) is 47.8 Å². The molecule has 1 amide bonds. The number of nitrogens with one attached hydrogen (secondary N) is 2. The second-order valence-corrected chi connectivity index (χ2v) is 8.53. The van der Waals surface area contributed by atoms with Gasteiger partial charge in [-0.05, 0) is 47.8 Å². The Morgan fingerprint density at radius 2 is 2.13 bits per heavy atom. The van der Waals surface area contributed by atoms with E-state index in [1.165, 1.54) is 11.8 Å². The maximum atomic E-state index is 12.5. The van der Waals surface area contributed by atoms with Crippen LogP contribution in [0.3, 0.4) is 0 Å². The summed E-state index contributed by atoms with van der Waals surface area (Å²) < 4.78 is 10.5. The Balaban J connectivity index is 1.43. The number of furan rings is 1. The van der Waals surface area contributed by atoms with Gasteiger partial charge in [0.15, 0.2) is 5.82 Å². The van der Waals surface area contributed by atoms with Gasteiger partial charge in [-0.3, -0.25) is 9.89 Å². The summed E-state index contributed by atoms with van der Waals surface area (Å²) in [5.41, 5.74) is 0.916. The quantitative estimate of drug-likeness (QED) is 0.367. The van der Waals surface area contributed by atoms with Crippen molar-refractivity contribution in [3.8, 4) is 17.1 Å². The first kappa shape index (κ1) is 20.2. The summed E-state index contributed by atoms with van der Waals surface area (Å²) >= 11 is 3.09. The smallest absolute Gasteiger partial charge is 0.221 e. The highest BCUT2D eigenvalue weighted by Gasteiger charge is 2.21. The lowest BCUT2D eigenvalue weighted by Gasteiger charge is -2.13. The molecule has 1 unspecified atom stereocenters. The lowest BCUT2D eigenvalue weighted by molar-refractivity contribution is -0.121. The largest absolute Gasteiger partial charge is 0.497 e. The van der Waals surface area contributed by atoms with Crippen molar-refractivity contribution < 1.29 is 13.9 Å². The monoisotopic (exact) mass is 440 g/mol. The van der Waals surface area contributed by atoms with E-state index in [4.69, 9.17) is 9.15 Å². The molecule has 1 atom stereocenters. The number of rotatable bonds is 9. The number of carbonyl (C=O) groups is 1. The van der Waals surface area contributed by atoms with Crippen LogP contribution < -0.4 is 10.1 Å². The number of H-pyrrole nitrogens is 1. The van der Waals surface area contributed by atoms with Crippen molar-refractivity contribution in [2.75, 3.05) is 7.11 Å². The number of benzene rings is 1. The molecule has 30 heavy (non-hydrogen) atoms. The summed E-state index contributed by atoms with van der Waals surface area (Å²) in [6, 6.07) is 15.2. The van der Waals surface area contributed by atoms with Gasteiger partial charge in [0.2, 0.25) is 11.1 Å². The van der Waals surface area contributed by atoms with Crippen LogP contribution in [0.25, 0.3) is 11.4 Å². The lowest BCUT2D eigenvalue weighted by atomic mass is 10.2. The second kappa shape index (κ2) is 9.64. The van der Waals surface area contributed by atoms with E-state index in [2.05, 4.69) is 20.5 Å². The standard InChI is InChI=1S/C21H20N4O3S2/c1-27-15-8-6-14(7-9-15)20-23-21(25-24-20)30-18(17-5-3-11-29-17)12-19(26)22-13-16-4-2-10-28-16/h2-11,18H,12-13H2,1H3,(H,22,26)(H,23,24,25). The highest BCUT2D eigenvalue weighted by atomic mass is 32.2. The molecule has 7 nitrogen and oxygen atoms in total. The van der Waals surface area contributed by atoms with Crippen LogP contribution in [0, 0.1) is 0 Å². The molecule has 154 valence electrons. The molecule has 0 saturated heterocycles. The molecule has 0 aliphatic rings. The summed E-state index contributed by atoms with van der Waals surface area (Å²) in [4.78, 5) is 18.2. The molecule has 4 aromatic rings. The van der Waals surface area contributed by atoms with E-state index in [9.17, 15) is 4.79 Å². The normalized spacial score (nSPS) is 11.9. The third-order valence-electron chi connectivity index (χ3n) is 4.35. The van der Waals surface area contributed by atoms with Gasteiger partial charge in [0.05, 0.1) is 25.2 Å². The topological polar surface area (TPSA) is 93.0 Å². The van der Waals surface area contributed by atoms with Crippen molar-refractivity contribution in [2.24, 2.45) is 0 Å². The number of methoxy groups -OCH3 is 1. The first-order valence-corrected chi connectivity index (χ1v) is 11.0. The third kappa shape index (κ3) is 5.11. The van der Waals surface area contributed by atoms with Crippen LogP contribution in [-0.4, -0.2) is 28.2 Å². The summed E-state index contributed by atoms with van der Waals surface area (Å²) in [5.74, 6) is 2.13. The molecule has 0 spiro atoms. The molecule has 0 aliphatic carbocycles. The number of hydrogen-bond donors (Lipinski definition) is 2. The van der Waals surface area contributed by atoms with Gasteiger partial charge in [-0.15, -0.1) is 16.4 Å². The fraction of sp³-hybridized carbons (Fsp3) is 0.190. The molecule has 3 heterocycles. The van der Waals surface area contributed by atoms with Crippen LogP contribution in [0.5, 0.6) is 5.75 Å². The molecule has 0 aliphatic heterocycles. The van der Waals surface area contributed by atoms with Gasteiger partial charge in [0, 0.05) is 16.9 Å². The van der Waals surface area contributed by atoms with Crippen molar-refractivity contribution in [1.29, 1.82) is 0 Å². The maximum absolute atomic E-state index is 12.5. The second-order valence-electron chi connectivity index (χ2n) is 6.38. The zero-order chi connectivity index (χ0) is 20.8. The molecule has 2 N–H and O–H groups in total. The highest BCUT2D eigenvalue weighted by Crippen LogP contribution is 2.38. The first-order valence-electron chi connectivity index (χ1n) is 9.27. The zero-order valence-electron chi connectivity index (χ0n) is 16.2. The minimum atomic E-state index is -0.0823. The van der Waals surface area contributed by atoms with Gasteiger partial charge in [-0.2, -0.15) is 0 Å². The van der Waals surface area contributed by atoms with Crippen molar-refractivity contribution in [3.05, 3.63) is 70.8 Å². The number of thiophene rings is 1. The Labute approximate surface area is 181 Å². The third-order valence-corrected chi connectivity index (χ3v) is 6.58. The average Bonchev–Trinajstić information content (AvgIpc) is 3.55. The van der Waals surface area contributed by atoms with Crippen LogP contribution in [0.2, 0.25) is 0 Å². The van der Waals surface area contributed by atoms with Crippen molar-refractivity contribution in [2.45, 2.75) is 23.4 Å². The van der Waals surface area contributed by atoms with E-state index in [0.29, 0.717) is 23.9 Å². The Morgan fingerprint density at radius 3 is 2.83 bits per heavy atom. The van der Waals surface area contributed by atoms with E-state index >= 15 is 0 Å². The van der Waals surface area contributed by atoms with E-state index in [0.717, 1.165) is 22.0 Å². The molecule has 1 aromatic carbocycles. The number of carbonyl (C=O) groups excluding carboxylic acids is 1. The van der Waals surface area contributed by atoms with Gasteiger partial charge in [-0.1, -0.05) is 17.8 Å². The molecule has 0 radical (unpaired) electrons. The van der Waals surface area contributed by atoms with Crippen LogP contribution >= 0.6 is 23.1 Å². The molecule has 9 heteroatoms. The van der Waals surface area contributed by atoms with Crippen LogP contribution in [0.15, 0.2) is 69.7 Å². The number of aromatic amines is 1. The minimum Gasteiger partial charge on any atom is -0.497 e. The van der Waals surface area contributed by atoms with Gasteiger partial charge in [0.25, 0.3) is 0 Å². The van der Waals surface area contributed by atoms with Crippen LogP contribution in [0.1, 0.15) is 22.3 Å². The molecule has 0 bridgehead atoms. The van der Waals surface area contributed by atoms with Crippen molar-refractivity contribution in [1.82, 2.24) is 20.5 Å². The number of aromatic nitrogens is 3. The lowest BCUT2D eigenvalue weighted by Crippen LogP contribution is -2.23. The summed E-state index contributed by atoms with van der Waals surface area (Å²) in [5, 5.41) is 12.7. The summed E-state index contributed by atoms with van der Waals surface area (Å²) in [7, 11) is 1.63. The van der Waals surface area contributed by atoms with Crippen molar-refractivity contribution in [3.63, 3.8) is 0 Å². The van der Waals surface area contributed by atoms with E-state index < -0.39 is 0 Å². The van der Waals surface area contributed by atoms with Gasteiger partial charge < -0.3 is 14.5 Å². The van der Waals surface area contributed by atoms with Gasteiger partial charge >= 0.3 is 0 Å². The predicted octanol–water partition coefficient (Wildman–Crippen LogP) is 4.67. The fourth-order valence-electron chi connectivity index (χ4n) is 2.82. The number of thioether (sulfide) groups is 1. The average molecular weight is 441 g/mol. The van der Waals surface area contributed by atoms with Crippen LogP contribution in [0.4, 0.5) is 0 Å². The first-order chi connectivity index (χ1) is 14.7. The highest BCUT2D eigenvalue weighted by molar-refractivity contribution is 7.99. The molecular weight excluding hydrogens is 420 g/mol. The zero-order valence-corrected chi connectivity index (χ0v) is 17.8. The maximum Gasteiger partial charge on any atom is 0.221 e. The fourth-order valence-corrected chi connectivity index (χ4v) is 4.76. The summed E-state index contributed by atoms with van der Waals surface area (Å²) in [6.45, 7) is 0.371. The molecule has 0 saturated carbocycles. The molecule has 3 aromatic heterocycles. The number of amides is 1. The Morgan fingerprint density at radius 1 is 1.27 bits per heavy atom. The predicted molar refractivity (Wildman–Crippen MR) is 116 cm³/mol. The SMILES string of the molecule is COc1ccc(-c2nc(SC(CC(=O)NCc3ccco3)c3cccs3)n[nH]2)cc1. The number of hydrogen-bond acceptors (Lipinski definition) is 7. The summed E-state index contributed by atoms with van der Waals surface area (Å²) in [6.07, 6.45) is 1.91. The van der Waals surface area contributed by atoms with Crippen LogP contribution in [-0.2, 0) is 11.3 Å². The minimum absolute atomic E-state index is 0.0526. The Hall–Kier alpha value is -3.04. The Kier molecular flexibility index (Phi) is 6.50. The Bertz CT molecular complexity index is 1060. The molecule has 4 rings (SSSR count). The van der Waals surface area contributed by atoms with Gasteiger partial charge in [-0.25, -0.2) is 4.98 Å². The van der Waals surface area contributed by atoms with Gasteiger partial charge in [0.1, 0.15) is 11.5 Å². The van der Waals surface area contributed by atoms with E-state index in [1.54, 1.807) is 30.8 Å². The van der Waals surface area contributed by atoms with E-state index in [-0.39, 0.29) is 11.2 Å². The molecule has 0 fully saturated rings. The number of ether oxygens (including phenoxy) is 1. The number of nitrogens with zero attached hydrogens (tertiary/aromatic N) is 2. The van der Waals surface area contributed by atoms with Crippen molar-refractivity contribution >= 4 is 29.0 Å². The molecular formula is C21H20N4O3S2.